The number of carboxylic acid groups (broad SMARTS) is 1. The minimum absolute atomic E-state index is 0.151. The molecule has 8 nitrogen and oxygen atoms in total. The maximum Gasteiger partial charge on any atom is 0.324 e. The van der Waals surface area contributed by atoms with Crippen LogP contribution in [-0.4, -0.2) is 52.7 Å². The van der Waals surface area contributed by atoms with Gasteiger partial charge in [-0.05, 0) is 37.0 Å². The number of methoxy groups -OCH3 is 1. The molecule has 8 heteroatoms. The molecule has 0 radical (unpaired) electrons. The van der Waals surface area contributed by atoms with E-state index in [-0.39, 0.29) is 18.9 Å². The molecule has 2 rings (SSSR count). The third kappa shape index (κ3) is 6.23. The molecule has 2 atom stereocenters. The van der Waals surface area contributed by atoms with Gasteiger partial charge in [0, 0.05) is 13.0 Å². The molecule has 1 saturated heterocycles. The number of aliphatic carboxylic acids is 1. The van der Waals surface area contributed by atoms with E-state index < -0.39 is 24.1 Å². The zero-order valence-electron chi connectivity index (χ0n) is 16.1. The number of hydrogen-bond donors (Lipinski definition) is 3. The van der Waals surface area contributed by atoms with Crippen molar-refractivity contribution < 1.29 is 29.3 Å². The summed E-state index contributed by atoms with van der Waals surface area (Å²) >= 11 is 0. The Morgan fingerprint density at radius 2 is 1.86 bits per heavy atom. The van der Waals surface area contributed by atoms with Crippen molar-refractivity contribution in [2.24, 2.45) is 0 Å². The second-order valence-corrected chi connectivity index (χ2v) is 6.93. The summed E-state index contributed by atoms with van der Waals surface area (Å²) in [6.45, 7) is 0.272. The Balaban J connectivity index is 1.81. The lowest BCUT2D eigenvalue weighted by molar-refractivity contribution is -0.137. The van der Waals surface area contributed by atoms with Gasteiger partial charge >= 0.3 is 12.0 Å². The molecule has 0 bridgehead atoms. The maximum atomic E-state index is 12.1. The number of aliphatic hydroxyl groups excluding tert-OH is 1. The highest BCUT2D eigenvalue weighted by Gasteiger charge is 2.37. The van der Waals surface area contributed by atoms with Crippen LogP contribution < -0.4 is 10.1 Å². The van der Waals surface area contributed by atoms with Crippen LogP contribution in [0.15, 0.2) is 24.3 Å². The molecule has 1 fully saturated rings. The predicted molar refractivity (Wildman–Crippen MR) is 102 cm³/mol. The minimum atomic E-state index is -0.803. The minimum Gasteiger partial charge on any atom is -0.497 e. The number of imide groups is 1. The van der Waals surface area contributed by atoms with Crippen molar-refractivity contribution in [2.45, 2.75) is 57.1 Å². The number of carboxylic acids is 1. The second-order valence-electron chi connectivity index (χ2n) is 6.93. The summed E-state index contributed by atoms with van der Waals surface area (Å²) in [6.07, 6.45) is 3.21. The fourth-order valence-electron chi connectivity index (χ4n) is 3.31. The monoisotopic (exact) mass is 392 g/mol. The first-order chi connectivity index (χ1) is 13.4. The Hall–Kier alpha value is -2.61. The number of unbranched alkanes of at least 4 members (excludes halogenated alkanes) is 3. The highest BCUT2D eigenvalue weighted by Crippen LogP contribution is 2.23. The van der Waals surface area contributed by atoms with Gasteiger partial charge in [0.25, 0.3) is 5.91 Å². The molecule has 28 heavy (non-hydrogen) atoms. The number of nitrogens with one attached hydrogen (secondary N) is 1. The lowest BCUT2D eigenvalue weighted by Gasteiger charge is -2.23. The number of carbonyl (C=O) groups excluding carboxylic acids is 2. The second kappa shape index (κ2) is 10.7. The predicted octanol–water partition coefficient (Wildman–Crippen LogP) is 2.46. The first kappa shape index (κ1) is 21.7. The van der Waals surface area contributed by atoms with Gasteiger partial charge in [0.2, 0.25) is 0 Å². The maximum absolute atomic E-state index is 12.1. The normalized spacial score (nSPS) is 17.5. The van der Waals surface area contributed by atoms with Crippen molar-refractivity contribution in [3.63, 3.8) is 0 Å². The number of nitrogens with zero attached hydrogens (tertiary/aromatic N) is 1. The van der Waals surface area contributed by atoms with Crippen molar-refractivity contribution in [3.05, 3.63) is 29.8 Å². The van der Waals surface area contributed by atoms with Crippen molar-refractivity contribution in [3.8, 4) is 5.75 Å². The van der Waals surface area contributed by atoms with E-state index in [1.165, 1.54) is 4.90 Å². The van der Waals surface area contributed by atoms with Crippen molar-refractivity contribution >= 4 is 17.9 Å². The molecule has 154 valence electrons. The summed E-state index contributed by atoms with van der Waals surface area (Å²) in [4.78, 5) is 36.1. The molecule has 3 amide bonds. The first-order valence-electron chi connectivity index (χ1n) is 9.57. The fourth-order valence-corrected chi connectivity index (χ4v) is 3.31. The molecule has 0 saturated carbocycles. The quantitative estimate of drug-likeness (QED) is 0.372. The van der Waals surface area contributed by atoms with Gasteiger partial charge < -0.3 is 19.8 Å². The van der Waals surface area contributed by atoms with Gasteiger partial charge in [0.15, 0.2) is 0 Å². The number of amides is 3. The van der Waals surface area contributed by atoms with Crippen molar-refractivity contribution in [1.82, 2.24) is 10.2 Å². The molecule has 1 aliphatic heterocycles. The van der Waals surface area contributed by atoms with Crippen LogP contribution in [0.4, 0.5) is 4.79 Å². The van der Waals surface area contributed by atoms with Crippen LogP contribution in [0.3, 0.4) is 0 Å². The molecule has 2 unspecified atom stereocenters. The third-order valence-electron chi connectivity index (χ3n) is 4.93. The van der Waals surface area contributed by atoms with E-state index >= 15 is 0 Å². The molecule has 1 heterocycles. The Labute approximate surface area is 164 Å². The van der Waals surface area contributed by atoms with Gasteiger partial charge in [0.1, 0.15) is 11.8 Å². The van der Waals surface area contributed by atoms with Gasteiger partial charge in [-0.15, -0.1) is 0 Å². The molecule has 1 aliphatic rings. The molecular weight excluding hydrogens is 364 g/mol. The zero-order valence-corrected chi connectivity index (χ0v) is 16.1. The molecular formula is C20H28N2O6. The Kier molecular flexibility index (Phi) is 8.25. The largest absolute Gasteiger partial charge is 0.497 e. The summed E-state index contributed by atoms with van der Waals surface area (Å²) in [6, 6.07) is 6.11. The van der Waals surface area contributed by atoms with Crippen molar-refractivity contribution in [1.29, 1.82) is 0 Å². The van der Waals surface area contributed by atoms with Crippen LogP contribution >= 0.6 is 0 Å². The van der Waals surface area contributed by atoms with Gasteiger partial charge in [0.05, 0.1) is 13.2 Å². The summed E-state index contributed by atoms with van der Waals surface area (Å²) in [5.41, 5.74) is 0.724. The van der Waals surface area contributed by atoms with Crippen LogP contribution in [0.2, 0.25) is 0 Å². The molecule has 1 aromatic carbocycles. The SMILES string of the molecule is COc1ccc(C(O)CCN2C(=O)NC(=O)C2CCCCCCC(=O)O)cc1. The topological polar surface area (TPSA) is 116 Å². The lowest BCUT2D eigenvalue weighted by Crippen LogP contribution is -2.36. The number of hydrogen-bond acceptors (Lipinski definition) is 5. The van der Waals surface area contributed by atoms with Crippen LogP contribution in [0.5, 0.6) is 5.75 Å². The number of urea groups is 1. The number of rotatable bonds is 12. The standard InChI is InChI=1S/C20H28N2O6/c1-28-15-10-8-14(9-11-15)17(23)12-13-22-16(19(26)21-20(22)27)6-4-2-3-5-7-18(24)25/h8-11,16-17,23H,2-7,12-13H2,1H3,(H,24,25)(H,21,26,27). The lowest BCUT2D eigenvalue weighted by atomic mass is 10.0. The molecule has 0 aliphatic carbocycles. The summed E-state index contributed by atoms with van der Waals surface area (Å²) < 4.78 is 5.09. The third-order valence-corrected chi connectivity index (χ3v) is 4.93. The Morgan fingerprint density at radius 1 is 1.18 bits per heavy atom. The molecule has 0 aromatic heterocycles. The van der Waals surface area contributed by atoms with Crippen LogP contribution in [0, 0.1) is 0 Å². The van der Waals surface area contributed by atoms with Gasteiger partial charge in [-0.2, -0.15) is 0 Å². The highest BCUT2D eigenvalue weighted by atomic mass is 16.5. The number of aliphatic hydroxyl groups is 1. The molecule has 1 aromatic rings. The van der Waals surface area contributed by atoms with Gasteiger partial charge in [-0.1, -0.05) is 31.4 Å². The van der Waals surface area contributed by atoms with Gasteiger partial charge in [-0.25, -0.2) is 4.79 Å². The molecule has 0 spiro atoms. The van der Waals surface area contributed by atoms with E-state index in [0.29, 0.717) is 25.0 Å². The van der Waals surface area contributed by atoms with Crippen LogP contribution in [0.1, 0.15) is 56.6 Å². The van der Waals surface area contributed by atoms with E-state index in [9.17, 15) is 19.5 Å². The number of carbonyl (C=O) groups is 3. The molecule has 3 N–H and O–H groups in total. The Bertz CT molecular complexity index is 676. The average molecular weight is 392 g/mol. The van der Waals surface area contributed by atoms with E-state index in [0.717, 1.165) is 24.8 Å². The highest BCUT2D eigenvalue weighted by molar-refractivity contribution is 6.04. The average Bonchev–Trinajstić information content (AvgIpc) is 2.95. The van der Waals surface area contributed by atoms with E-state index in [1.807, 2.05) is 0 Å². The number of benzene rings is 1. The van der Waals surface area contributed by atoms with E-state index in [1.54, 1.807) is 31.4 Å². The fraction of sp³-hybridized carbons (Fsp3) is 0.550. The number of ether oxygens (including phenoxy) is 1. The smallest absolute Gasteiger partial charge is 0.324 e. The van der Waals surface area contributed by atoms with E-state index in [4.69, 9.17) is 9.84 Å². The zero-order chi connectivity index (χ0) is 20.5. The summed E-state index contributed by atoms with van der Waals surface area (Å²) in [7, 11) is 1.57. The van der Waals surface area contributed by atoms with Gasteiger partial charge in [-0.3, -0.25) is 14.9 Å². The van der Waals surface area contributed by atoms with E-state index in [2.05, 4.69) is 5.32 Å². The Morgan fingerprint density at radius 3 is 2.50 bits per heavy atom. The van der Waals surface area contributed by atoms with Crippen LogP contribution in [0.25, 0.3) is 0 Å². The van der Waals surface area contributed by atoms with Crippen molar-refractivity contribution in [2.75, 3.05) is 13.7 Å². The summed E-state index contributed by atoms with van der Waals surface area (Å²) in [5, 5.41) is 21.3. The van der Waals surface area contributed by atoms with Crippen LogP contribution in [-0.2, 0) is 9.59 Å². The summed E-state index contributed by atoms with van der Waals surface area (Å²) in [5.74, 6) is -0.416. The first-order valence-corrected chi connectivity index (χ1v) is 9.57.